The van der Waals surface area contributed by atoms with Crippen molar-refractivity contribution < 1.29 is 14.3 Å². The highest BCUT2D eigenvalue weighted by molar-refractivity contribution is 7.80. The molecule has 0 aliphatic rings. The molecule has 8 heteroatoms. The number of benzene rings is 1. The average molecular weight is 323 g/mol. The third kappa shape index (κ3) is 4.03. The van der Waals surface area contributed by atoms with Crippen LogP contribution in [0.2, 0.25) is 0 Å². The van der Waals surface area contributed by atoms with Gasteiger partial charge in [-0.15, -0.1) is 24.0 Å². The number of hydrogen-bond donors (Lipinski definition) is 3. The Labute approximate surface area is 130 Å². The van der Waals surface area contributed by atoms with Gasteiger partial charge in [0.05, 0.1) is 5.56 Å². The van der Waals surface area contributed by atoms with Crippen molar-refractivity contribution in [2.45, 2.75) is 18.0 Å². The molecule has 110 valence electrons. The van der Waals surface area contributed by atoms with E-state index in [0.717, 1.165) is 0 Å². The van der Waals surface area contributed by atoms with Gasteiger partial charge in [-0.1, -0.05) is 12.1 Å². The summed E-state index contributed by atoms with van der Waals surface area (Å²) in [6.07, 6.45) is 0. The largest absolute Gasteiger partial charge is 0.425 e. The van der Waals surface area contributed by atoms with E-state index in [1.165, 1.54) is 24.3 Å². The van der Waals surface area contributed by atoms with Crippen molar-refractivity contribution in [2.24, 2.45) is 5.73 Å². The fourth-order valence-corrected chi connectivity index (χ4v) is 2.33. The van der Waals surface area contributed by atoms with Crippen LogP contribution in [0.25, 0.3) is 0 Å². The van der Waals surface area contributed by atoms with Gasteiger partial charge in [0, 0.05) is 5.38 Å². The van der Waals surface area contributed by atoms with Gasteiger partial charge in [0.15, 0.2) is 5.13 Å². The molecule has 0 aliphatic heterocycles. The van der Waals surface area contributed by atoms with Gasteiger partial charge in [0.2, 0.25) is 0 Å². The second-order valence-corrected chi connectivity index (χ2v) is 5.49. The van der Waals surface area contributed by atoms with E-state index in [1.807, 2.05) is 0 Å². The predicted octanol–water partition coefficient (Wildman–Crippen LogP) is 1.94. The van der Waals surface area contributed by atoms with E-state index < -0.39 is 17.9 Å². The zero-order valence-corrected chi connectivity index (χ0v) is 12.8. The maximum Gasteiger partial charge on any atom is 0.328 e. The quantitative estimate of drug-likeness (QED) is 0.454. The van der Waals surface area contributed by atoms with Crippen molar-refractivity contribution in [3.63, 3.8) is 0 Å². The van der Waals surface area contributed by atoms with Crippen LogP contribution in [0.15, 0.2) is 34.7 Å². The number of amides is 1. The van der Waals surface area contributed by atoms with Crippen LogP contribution in [0.3, 0.4) is 0 Å². The SMILES string of the molecule is C[C@H](N)C(=O)Oc1ccccc1C(=O)Nc1nc(S)cs1. The second kappa shape index (κ2) is 6.70. The molecular weight excluding hydrogens is 310 g/mol. The van der Waals surface area contributed by atoms with Crippen LogP contribution in [0.1, 0.15) is 17.3 Å². The standard InChI is InChI=1S/C13H13N3O3S2/c1-7(14)12(18)19-9-5-3-2-4-8(9)11(17)16-13-15-10(20)6-21-13/h2-7,20H,14H2,1H3,(H,15,16,17)/t7-/m0/s1. The minimum Gasteiger partial charge on any atom is -0.425 e. The number of thiol groups is 1. The number of nitrogens with two attached hydrogens (primary N) is 1. The van der Waals surface area contributed by atoms with Crippen molar-refractivity contribution in [1.82, 2.24) is 4.98 Å². The van der Waals surface area contributed by atoms with E-state index in [4.69, 9.17) is 10.5 Å². The Morgan fingerprint density at radius 3 is 2.76 bits per heavy atom. The minimum atomic E-state index is -0.771. The van der Waals surface area contributed by atoms with Gasteiger partial charge in [-0.05, 0) is 19.1 Å². The van der Waals surface area contributed by atoms with Crippen molar-refractivity contribution >= 4 is 41.0 Å². The summed E-state index contributed by atoms with van der Waals surface area (Å²) in [6, 6.07) is 5.64. The fourth-order valence-electron chi connectivity index (χ4n) is 1.43. The molecule has 1 amide bonds. The van der Waals surface area contributed by atoms with Gasteiger partial charge in [0.1, 0.15) is 16.8 Å². The summed E-state index contributed by atoms with van der Waals surface area (Å²) in [4.78, 5) is 27.8. The van der Waals surface area contributed by atoms with E-state index in [-0.39, 0.29) is 11.3 Å². The summed E-state index contributed by atoms with van der Waals surface area (Å²) >= 11 is 5.32. The first-order valence-electron chi connectivity index (χ1n) is 5.99. The molecule has 2 rings (SSSR count). The number of carbonyl (C=O) groups is 2. The van der Waals surface area contributed by atoms with Crippen molar-refractivity contribution in [1.29, 1.82) is 0 Å². The lowest BCUT2D eigenvalue weighted by atomic mass is 10.2. The number of thiazole rings is 1. The minimum absolute atomic E-state index is 0.153. The molecule has 1 aromatic carbocycles. The monoisotopic (exact) mass is 323 g/mol. The summed E-state index contributed by atoms with van der Waals surface area (Å²) in [7, 11) is 0. The number of hydrogen-bond acceptors (Lipinski definition) is 7. The number of carbonyl (C=O) groups excluding carboxylic acids is 2. The molecule has 0 unspecified atom stereocenters. The van der Waals surface area contributed by atoms with Crippen LogP contribution < -0.4 is 15.8 Å². The number of anilines is 1. The molecule has 0 saturated carbocycles. The highest BCUT2D eigenvalue weighted by Crippen LogP contribution is 2.22. The Kier molecular flexibility index (Phi) is 4.94. The first-order valence-corrected chi connectivity index (χ1v) is 7.32. The van der Waals surface area contributed by atoms with E-state index in [2.05, 4.69) is 22.9 Å². The Balaban J connectivity index is 2.19. The van der Waals surface area contributed by atoms with Crippen LogP contribution in [-0.2, 0) is 4.79 Å². The first-order chi connectivity index (χ1) is 9.97. The highest BCUT2D eigenvalue weighted by atomic mass is 32.1. The maximum absolute atomic E-state index is 12.2. The normalized spacial score (nSPS) is 11.8. The van der Waals surface area contributed by atoms with Crippen molar-refractivity contribution in [3.8, 4) is 5.75 Å². The Hall–Kier alpha value is -1.90. The smallest absolute Gasteiger partial charge is 0.328 e. The number of ether oxygens (including phenoxy) is 1. The molecular formula is C13H13N3O3S2. The first kappa shape index (κ1) is 15.5. The lowest BCUT2D eigenvalue weighted by molar-refractivity contribution is -0.135. The van der Waals surface area contributed by atoms with E-state index in [9.17, 15) is 9.59 Å². The molecule has 0 saturated heterocycles. The maximum atomic E-state index is 12.2. The van der Waals surface area contributed by atoms with Crippen molar-refractivity contribution in [3.05, 3.63) is 35.2 Å². The molecule has 1 heterocycles. The highest BCUT2D eigenvalue weighted by Gasteiger charge is 2.17. The molecule has 0 bridgehead atoms. The molecule has 1 atom stereocenters. The molecule has 0 radical (unpaired) electrons. The summed E-state index contributed by atoms with van der Waals surface area (Å²) < 4.78 is 5.11. The lowest BCUT2D eigenvalue weighted by Gasteiger charge is -2.10. The number of rotatable bonds is 4. The molecule has 0 fully saturated rings. The van der Waals surface area contributed by atoms with Gasteiger partial charge in [-0.3, -0.25) is 10.1 Å². The molecule has 0 spiro atoms. The third-order valence-electron chi connectivity index (χ3n) is 2.43. The van der Waals surface area contributed by atoms with Gasteiger partial charge in [-0.25, -0.2) is 9.78 Å². The topological polar surface area (TPSA) is 94.3 Å². The van der Waals surface area contributed by atoms with Crippen molar-refractivity contribution in [2.75, 3.05) is 5.32 Å². The lowest BCUT2D eigenvalue weighted by Crippen LogP contribution is -2.31. The van der Waals surface area contributed by atoms with Crippen LogP contribution in [-0.4, -0.2) is 22.9 Å². The average Bonchev–Trinajstić information content (AvgIpc) is 2.84. The van der Waals surface area contributed by atoms with E-state index in [1.54, 1.807) is 23.6 Å². The Bertz CT molecular complexity index is 670. The number of nitrogens with zero attached hydrogens (tertiary/aromatic N) is 1. The van der Waals surface area contributed by atoms with Crippen LogP contribution in [0.5, 0.6) is 5.75 Å². The summed E-state index contributed by atoms with van der Waals surface area (Å²) in [5, 5.41) is 5.25. The molecule has 0 aliphatic carbocycles. The zero-order valence-electron chi connectivity index (χ0n) is 11.1. The van der Waals surface area contributed by atoms with Crippen LogP contribution in [0.4, 0.5) is 5.13 Å². The summed E-state index contributed by atoms with van der Waals surface area (Å²) in [5.41, 5.74) is 5.67. The number of esters is 1. The molecule has 2 aromatic rings. The predicted molar refractivity (Wildman–Crippen MR) is 83.0 cm³/mol. The molecule has 21 heavy (non-hydrogen) atoms. The summed E-state index contributed by atoms with van der Waals surface area (Å²) in [6.45, 7) is 1.51. The molecule has 6 nitrogen and oxygen atoms in total. The van der Waals surface area contributed by atoms with E-state index >= 15 is 0 Å². The van der Waals surface area contributed by atoms with Gasteiger partial charge in [-0.2, -0.15) is 0 Å². The molecule has 1 aromatic heterocycles. The number of aromatic nitrogens is 1. The summed E-state index contributed by atoms with van der Waals surface area (Å²) in [5.74, 6) is -0.882. The Morgan fingerprint density at radius 1 is 1.43 bits per heavy atom. The number of nitrogens with one attached hydrogen (secondary N) is 1. The van der Waals surface area contributed by atoms with Gasteiger partial charge < -0.3 is 10.5 Å². The second-order valence-electron chi connectivity index (χ2n) is 4.17. The third-order valence-corrected chi connectivity index (χ3v) is 3.59. The van der Waals surface area contributed by atoms with E-state index in [0.29, 0.717) is 10.2 Å². The Morgan fingerprint density at radius 2 is 2.14 bits per heavy atom. The van der Waals surface area contributed by atoms with Gasteiger partial charge in [0.25, 0.3) is 5.91 Å². The van der Waals surface area contributed by atoms with Crippen LogP contribution >= 0.6 is 24.0 Å². The number of para-hydroxylation sites is 1. The van der Waals surface area contributed by atoms with Gasteiger partial charge >= 0.3 is 5.97 Å². The fraction of sp³-hybridized carbons (Fsp3) is 0.154. The van der Waals surface area contributed by atoms with Crippen LogP contribution in [0, 0.1) is 0 Å². The molecule has 3 N–H and O–H groups in total. The zero-order chi connectivity index (χ0) is 15.4.